The molecule has 4 bridgehead atoms. The summed E-state index contributed by atoms with van der Waals surface area (Å²) < 4.78 is 30.9. The smallest absolute Gasteiger partial charge is 0.321 e. The van der Waals surface area contributed by atoms with Crippen molar-refractivity contribution >= 4 is 22.1 Å². The number of rotatable bonds is 13. The topological polar surface area (TPSA) is 151 Å². The number of hydrogen-bond acceptors (Lipinski definition) is 5. The van der Waals surface area contributed by atoms with Gasteiger partial charge in [-0.25, -0.2) is 0 Å². The van der Waals surface area contributed by atoms with E-state index in [0.717, 1.165) is 44.9 Å². The minimum Gasteiger partial charge on any atom is -0.480 e. The molecule has 200 valence electrons. The third-order valence-electron chi connectivity index (χ3n) is 8.88. The number of carbonyl (C=O) groups excluding carboxylic acids is 1. The number of nitrogens with two attached hydrogens (primary N) is 1. The second-order valence-electron chi connectivity index (χ2n) is 11.9. The maximum Gasteiger partial charge on any atom is 0.321 e. The molecule has 0 aliphatic heterocycles. The van der Waals surface area contributed by atoms with Crippen LogP contribution in [-0.2, 0) is 19.8 Å². The van der Waals surface area contributed by atoms with Gasteiger partial charge in [-0.15, -0.1) is 0 Å². The second kappa shape index (κ2) is 11.4. The van der Waals surface area contributed by atoms with Crippen molar-refractivity contribution < 1.29 is 23.1 Å². The van der Waals surface area contributed by atoms with Crippen LogP contribution in [0.5, 0.6) is 0 Å². The summed E-state index contributed by atoms with van der Waals surface area (Å²) in [7, 11) is -4.20. The van der Waals surface area contributed by atoms with Crippen molar-refractivity contribution in [3.8, 4) is 0 Å². The predicted octanol–water partition coefficient (Wildman–Crippen LogP) is 2.42. The van der Waals surface area contributed by atoms with Gasteiger partial charge >= 0.3 is 5.97 Å². The Morgan fingerprint density at radius 1 is 0.914 bits per heavy atom. The highest BCUT2D eigenvalue weighted by Gasteiger charge is 2.52. The molecule has 2 atom stereocenters. The summed E-state index contributed by atoms with van der Waals surface area (Å²) in [5, 5.41) is 12.8. The van der Waals surface area contributed by atoms with Crippen LogP contribution in [0.25, 0.3) is 0 Å². The maximum absolute atomic E-state index is 13.6. The van der Waals surface area contributed by atoms with Crippen LogP contribution < -0.4 is 20.5 Å². The van der Waals surface area contributed by atoms with Crippen molar-refractivity contribution in [3.63, 3.8) is 0 Å². The molecule has 9 nitrogen and oxygen atoms in total. The van der Waals surface area contributed by atoms with Crippen LogP contribution in [0, 0.1) is 23.7 Å². The van der Waals surface area contributed by atoms with Crippen LogP contribution in [0.15, 0.2) is 0 Å². The van der Waals surface area contributed by atoms with E-state index < -0.39 is 28.3 Å². The Morgan fingerprint density at radius 2 is 1.49 bits per heavy atom. The Hall–Kier alpha value is -1.23. The predicted molar refractivity (Wildman–Crippen MR) is 134 cm³/mol. The number of hydrogen-bond donors (Lipinski definition) is 5. The van der Waals surface area contributed by atoms with Crippen LogP contribution >= 0.6 is 0 Å². The van der Waals surface area contributed by atoms with Crippen molar-refractivity contribution in [1.82, 2.24) is 14.8 Å². The monoisotopic (exact) mass is 512 g/mol. The largest absolute Gasteiger partial charge is 0.480 e. The molecule has 10 heteroatoms. The Labute approximate surface area is 209 Å². The van der Waals surface area contributed by atoms with Gasteiger partial charge in [-0.1, -0.05) is 38.5 Å². The van der Waals surface area contributed by atoms with Gasteiger partial charge in [0.25, 0.3) is 10.2 Å². The fraction of sp³-hybridized carbons (Fsp3) is 0.920. The van der Waals surface area contributed by atoms with Gasteiger partial charge in [0, 0.05) is 5.54 Å². The van der Waals surface area contributed by atoms with E-state index in [0.29, 0.717) is 49.5 Å². The van der Waals surface area contributed by atoms with Gasteiger partial charge in [0.1, 0.15) is 12.1 Å². The van der Waals surface area contributed by atoms with E-state index in [4.69, 9.17) is 5.73 Å². The molecule has 0 spiro atoms. The van der Waals surface area contributed by atoms with Gasteiger partial charge < -0.3 is 16.2 Å². The summed E-state index contributed by atoms with van der Waals surface area (Å²) in [6.45, 7) is 0.422. The van der Waals surface area contributed by atoms with Gasteiger partial charge in [-0.2, -0.15) is 17.9 Å². The maximum atomic E-state index is 13.6. The third kappa shape index (κ3) is 7.17. The fourth-order valence-corrected chi connectivity index (χ4v) is 8.95. The molecule has 5 fully saturated rings. The van der Waals surface area contributed by atoms with Crippen LogP contribution in [-0.4, -0.2) is 49.6 Å². The quantitative estimate of drug-likeness (QED) is 0.239. The summed E-state index contributed by atoms with van der Waals surface area (Å²) in [6.07, 6.45) is 13.9. The first-order valence-corrected chi connectivity index (χ1v) is 15.2. The third-order valence-corrected chi connectivity index (χ3v) is 10.1. The van der Waals surface area contributed by atoms with Crippen molar-refractivity contribution in [1.29, 1.82) is 0 Å². The van der Waals surface area contributed by atoms with Crippen molar-refractivity contribution in [2.75, 3.05) is 6.54 Å². The molecular formula is C25H44N4O5S. The zero-order valence-electron chi connectivity index (χ0n) is 20.8. The molecule has 0 aromatic rings. The highest BCUT2D eigenvalue weighted by molar-refractivity contribution is 7.87. The summed E-state index contributed by atoms with van der Waals surface area (Å²) >= 11 is 0. The van der Waals surface area contributed by atoms with Crippen LogP contribution in [0.3, 0.4) is 0 Å². The van der Waals surface area contributed by atoms with E-state index >= 15 is 0 Å². The minimum absolute atomic E-state index is 0.153. The van der Waals surface area contributed by atoms with Gasteiger partial charge in [-0.3, -0.25) is 9.59 Å². The fourth-order valence-electron chi connectivity index (χ4n) is 7.71. The first kappa shape index (κ1) is 26.8. The summed E-state index contributed by atoms with van der Waals surface area (Å²) in [6, 6.07) is -2.15. The molecule has 0 unspecified atom stereocenters. The molecule has 5 aliphatic carbocycles. The lowest BCUT2D eigenvalue weighted by molar-refractivity contribution is -0.139. The zero-order valence-corrected chi connectivity index (χ0v) is 21.7. The van der Waals surface area contributed by atoms with E-state index in [9.17, 15) is 23.1 Å². The molecule has 5 rings (SSSR count). The number of unbranched alkanes of at least 4 members (excludes halogenated alkanes) is 1. The lowest BCUT2D eigenvalue weighted by atomic mass is 9.53. The Balaban J connectivity index is 1.44. The zero-order chi connectivity index (χ0) is 25.1. The highest BCUT2D eigenvalue weighted by atomic mass is 32.2. The number of aliphatic carboxylic acids is 1. The second-order valence-corrected chi connectivity index (χ2v) is 13.4. The lowest BCUT2D eigenvalue weighted by Gasteiger charge is -2.57. The normalized spacial score (nSPS) is 32.3. The van der Waals surface area contributed by atoms with Crippen molar-refractivity contribution in [2.24, 2.45) is 29.4 Å². The molecule has 5 saturated carbocycles. The molecule has 0 aromatic carbocycles. The number of carboxylic acid groups (broad SMARTS) is 1. The van der Waals surface area contributed by atoms with Gasteiger partial charge in [0.05, 0.1) is 0 Å². The average Bonchev–Trinajstić information content (AvgIpc) is 2.77. The van der Waals surface area contributed by atoms with Crippen molar-refractivity contribution in [2.45, 2.75) is 114 Å². The summed E-state index contributed by atoms with van der Waals surface area (Å²) in [5.74, 6) is 0.815. The van der Waals surface area contributed by atoms with E-state index in [-0.39, 0.29) is 17.9 Å². The van der Waals surface area contributed by atoms with Crippen LogP contribution in [0.2, 0.25) is 0 Å². The molecule has 35 heavy (non-hydrogen) atoms. The number of carboxylic acids is 1. The van der Waals surface area contributed by atoms with Gasteiger partial charge in [-0.05, 0) is 88.0 Å². The SMILES string of the molecule is NCCCC[C@H](NS(=O)(=O)N[C@@H](CC1CCCCC1)C(=O)NC12CC3CC(CC(C3)C1)C2)C(=O)O. The van der Waals surface area contributed by atoms with E-state index in [1.54, 1.807) is 0 Å². The van der Waals surface area contributed by atoms with E-state index in [1.165, 1.54) is 25.7 Å². The lowest BCUT2D eigenvalue weighted by Crippen LogP contribution is -2.63. The highest BCUT2D eigenvalue weighted by Crippen LogP contribution is 2.55. The molecule has 0 radical (unpaired) electrons. The minimum atomic E-state index is -4.20. The van der Waals surface area contributed by atoms with Gasteiger partial charge in [0.2, 0.25) is 5.91 Å². The number of carbonyl (C=O) groups is 2. The molecular weight excluding hydrogens is 468 g/mol. The first-order chi connectivity index (χ1) is 16.7. The van der Waals surface area contributed by atoms with E-state index in [1.807, 2.05) is 0 Å². The Bertz CT molecular complexity index is 823. The average molecular weight is 513 g/mol. The number of nitrogens with one attached hydrogen (secondary N) is 3. The molecule has 0 saturated heterocycles. The first-order valence-electron chi connectivity index (χ1n) is 13.7. The standard InChI is InChI=1S/C25H44N4O5S/c26-9-5-4-8-21(24(31)32)28-35(33,34)29-22(13-17-6-2-1-3-7-17)23(30)27-25-14-18-10-19(15-25)12-20(11-18)16-25/h17-22,28-29H,1-16,26H2,(H,27,30)(H,31,32)/t18?,19?,20?,21-,22-,25?/m0/s1. The Morgan fingerprint density at radius 3 is 2.03 bits per heavy atom. The van der Waals surface area contributed by atoms with Crippen molar-refractivity contribution in [3.05, 3.63) is 0 Å². The van der Waals surface area contributed by atoms with Crippen LogP contribution in [0.4, 0.5) is 0 Å². The molecule has 6 N–H and O–H groups in total. The molecule has 1 amide bonds. The molecule has 0 aromatic heterocycles. The summed E-state index contributed by atoms with van der Waals surface area (Å²) in [5.41, 5.74) is 5.28. The molecule has 5 aliphatic rings. The van der Waals surface area contributed by atoms with Gasteiger partial charge in [0.15, 0.2) is 0 Å². The number of amides is 1. The van der Waals surface area contributed by atoms with E-state index in [2.05, 4.69) is 14.8 Å². The summed E-state index contributed by atoms with van der Waals surface area (Å²) in [4.78, 5) is 25.3. The van der Waals surface area contributed by atoms with Crippen LogP contribution in [0.1, 0.15) is 96.3 Å². The molecule has 0 heterocycles. The Kier molecular flexibility index (Phi) is 8.77.